The number of ether oxygens (including phenoxy) is 1. The van der Waals surface area contributed by atoms with Gasteiger partial charge >= 0.3 is 0 Å². The lowest BCUT2D eigenvalue weighted by Crippen LogP contribution is -2.34. The zero-order chi connectivity index (χ0) is 12.8. The lowest BCUT2D eigenvalue weighted by atomic mass is 9.87. The second-order valence-electron chi connectivity index (χ2n) is 5.51. The highest BCUT2D eigenvalue weighted by Crippen LogP contribution is 2.23. The third-order valence-corrected chi connectivity index (χ3v) is 4.00. The first-order chi connectivity index (χ1) is 8.78. The minimum absolute atomic E-state index is 0.742. The number of nitrogens with one attached hydrogen (secondary N) is 1. The fourth-order valence-electron chi connectivity index (χ4n) is 2.71. The zero-order valence-corrected chi connectivity index (χ0v) is 11.6. The van der Waals surface area contributed by atoms with Crippen LogP contribution in [0.4, 0.5) is 0 Å². The number of hydrogen-bond acceptors (Lipinski definition) is 2. The second-order valence-corrected chi connectivity index (χ2v) is 5.51. The third kappa shape index (κ3) is 4.02. The van der Waals surface area contributed by atoms with E-state index in [4.69, 9.17) is 4.74 Å². The number of methoxy groups -OCH3 is 1. The van der Waals surface area contributed by atoms with Crippen LogP contribution in [0.25, 0.3) is 0 Å². The van der Waals surface area contributed by atoms with Crippen LogP contribution in [0.1, 0.15) is 38.2 Å². The van der Waals surface area contributed by atoms with Gasteiger partial charge in [0.2, 0.25) is 0 Å². The largest absolute Gasteiger partial charge is 0.497 e. The number of hydrogen-bond donors (Lipinski definition) is 1. The molecule has 0 unspecified atom stereocenters. The molecule has 0 aliphatic heterocycles. The van der Waals surface area contributed by atoms with Crippen LogP contribution in [0, 0.1) is 5.92 Å². The van der Waals surface area contributed by atoms with Gasteiger partial charge in [-0.2, -0.15) is 0 Å². The maximum atomic E-state index is 5.24. The van der Waals surface area contributed by atoms with Crippen molar-refractivity contribution < 1.29 is 4.74 Å². The van der Waals surface area contributed by atoms with Crippen molar-refractivity contribution in [1.29, 1.82) is 0 Å². The van der Waals surface area contributed by atoms with E-state index in [1.165, 1.54) is 31.2 Å². The molecule has 0 bridgehead atoms. The standard InChI is InChI=1S/C16H25NO/c1-13-6-8-15(9-7-13)17-11-10-14-4-3-5-16(12-14)18-2/h3-5,12-13,15,17H,6-11H2,1-2H3. The first kappa shape index (κ1) is 13.4. The Bertz CT molecular complexity index is 356. The molecule has 0 saturated heterocycles. The van der Waals surface area contributed by atoms with Gasteiger partial charge in [0.1, 0.15) is 5.75 Å². The molecule has 0 spiro atoms. The van der Waals surface area contributed by atoms with E-state index in [9.17, 15) is 0 Å². The van der Waals surface area contributed by atoms with E-state index in [0.717, 1.165) is 30.7 Å². The summed E-state index contributed by atoms with van der Waals surface area (Å²) in [6.07, 6.45) is 6.55. The molecule has 18 heavy (non-hydrogen) atoms. The molecule has 1 aromatic rings. The molecule has 100 valence electrons. The topological polar surface area (TPSA) is 21.3 Å². The van der Waals surface area contributed by atoms with Crippen LogP contribution in [0.15, 0.2) is 24.3 Å². The van der Waals surface area contributed by atoms with Crippen molar-refractivity contribution in [2.45, 2.75) is 45.1 Å². The first-order valence-electron chi connectivity index (χ1n) is 7.14. The molecule has 0 atom stereocenters. The molecule has 2 nitrogen and oxygen atoms in total. The quantitative estimate of drug-likeness (QED) is 0.861. The molecule has 1 aromatic carbocycles. The average molecular weight is 247 g/mol. The van der Waals surface area contributed by atoms with Gasteiger partial charge in [-0.05, 0) is 62.3 Å². The molecule has 1 saturated carbocycles. The van der Waals surface area contributed by atoms with Crippen LogP contribution >= 0.6 is 0 Å². The van der Waals surface area contributed by atoms with Crippen molar-refractivity contribution in [3.8, 4) is 5.75 Å². The molecule has 0 aromatic heterocycles. The minimum Gasteiger partial charge on any atom is -0.497 e. The fourth-order valence-corrected chi connectivity index (χ4v) is 2.71. The van der Waals surface area contributed by atoms with Crippen LogP contribution < -0.4 is 10.1 Å². The number of benzene rings is 1. The van der Waals surface area contributed by atoms with E-state index < -0.39 is 0 Å². The Morgan fingerprint density at radius 2 is 2.00 bits per heavy atom. The molecule has 2 rings (SSSR count). The van der Waals surface area contributed by atoms with Crippen molar-refractivity contribution in [2.75, 3.05) is 13.7 Å². The fraction of sp³-hybridized carbons (Fsp3) is 0.625. The Balaban J connectivity index is 1.71. The van der Waals surface area contributed by atoms with Crippen molar-refractivity contribution in [1.82, 2.24) is 5.32 Å². The molecular formula is C16H25NO. The van der Waals surface area contributed by atoms with Gasteiger partial charge in [-0.15, -0.1) is 0 Å². The van der Waals surface area contributed by atoms with Gasteiger partial charge in [-0.3, -0.25) is 0 Å². The highest BCUT2D eigenvalue weighted by molar-refractivity contribution is 5.28. The third-order valence-electron chi connectivity index (χ3n) is 4.00. The van der Waals surface area contributed by atoms with Crippen molar-refractivity contribution in [3.05, 3.63) is 29.8 Å². The van der Waals surface area contributed by atoms with E-state index in [1.807, 2.05) is 6.07 Å². The van der Waals surface area contributed by atoms with Gasteiger partial charge < -0.3 is 10.1 Å². The molecule has 1 fully saturated rings. The molecule has 1 N–H and O–H groups in total. The van der Waals surface area contributed by atoms with Gasteiger partial charge in [0.25, 0.3) is 0 Å². The average Bonchev–Trinajstić information content (AvgIpc) is 2.41. The Morgan fingerprint density at radius 3 is 2.72 bits per heavy atom. The van der Waals surface area contributed by atoms with E-state index >= 15 is 0 Å². The van der Waals surface area contributed by atoms with Gasteiger partial charge in [-0.1, -0.05) is 19.1 Å². The molecule has 1 aliphatic carbocycles. The monoisotopic (exact) mass is 247 g/mol. The Morgan fingerprint density at radius 1 is 1.22 bits per heavy atom. The summed E-state index contributed by atoms with van der Waals surface area (Å²) in [7, 11) is 1.72. The van der Waals surface area contributed by atoms with Gasteiger partial charge in [0, 0.05) is 6.04 Å². The summed E-state index contributed by atoms with van der Waals surface area (Å²) in [5, 5.41) is 3.69. The van der Waals surface area contributed by atoms with Crippen LogP contribution in [0.3, 0.4) is 0 Å². The van der Waals surface area contributed by atoms with E-state index in [-0.39, 0.29) is 0 Å². The summed E-state index contributed by atoms with van der Waals surface area (Å²) in [4.78, 5) is 0. The number of rotatable bonds is 5. The van der Waals surface area contributed by atoms with Gasteiger partial charge in [0.15, 0.2) is 0 Å². The Labute approximate surface area is 111 Å². The summed E-state index contributed by atoms with van der Waals surface area (Å²) < 4.78 is 5.24. The summed E-state index contributed by atoms with van der Waals surface area (Å²) in [5.41, 5.74) is 1.35. The van der Waals surface area contributed by atoms with Crippen molar-refractivity contribution in [2.24, 2.45) is 5.92 Å². The Kier molecular flexibility index (Phi) is 5.06. The van der Waals surface area contributed by atoms with Gasteiger partial charge in [0.05, 0.1) is 7.11 Å². The van der Waals surface area contributed by atoms with Crippen LogP contribution in [0.2, 0.25) is 0 Å². The highest BCUT2D eigenvalue weighted by Gasteiger charge is 2.17. The van der Waals surface area contributed by atoms with Crippen molar-refractivity contribution >= 4 is 0 Å². The second kappa shape index (κ2) is 6.79. The predicted molar refractivity (Wildman–Crippen MR) is 76.1 cm³/mol. The summed E-state index contributed by atoms with van der Waals surface area (Å²) in [5.74, 6) is 1.89. The maximum Gasteiger partial charge on any atom is 0.119 e. The maximum absolute atomic E-state index is 5.24. The lowest BCUT2D eigenvalue weighted by molar-refractivity contribution is 0.309. The zero-order valence-electron chi connectivity index (χ0n) is 11.6. The van der Waals surface area contributed by atoms with Crippen LogP contribution in [-0.2, 0) is 6.42 Å². The molecule has 1 aliphatic rings. The summed E-state index contributed by atoms with van der Waals surface area (Å²) >= 11 is 0. The molecule has 0 heterocycles. The van der Waals surface area contributed by atoms with Crippen LogP contribution in [-0.4, -0.2) is 19.7 Å². The smallest absolute Gasteiger partial charge is 0.119 e. The van der Waals surface area contributed by atoms with E-state index in [2.05, 4.69) is 30.4 Å². The normalized spacial score (nSPS) is 23.9. The Hall–Kier alpha value is -1.02. The molecule has 2 heteroatoms. The SMILES string of the molecule is COc1cccc(CCNC2CCC(C)CC2)c1. The summed E-state index contributed by atoms with van der Waals surface area (Å²) in [6, 6.07) is 9.11. The van der Waals surface area contributed by atoms with E-state index in [1.54, 1.807) is 7.11 Å². The van der Waals surface area contributed by atoms with Gasteiger partial charge in [-0.25, -0.2) is 0 Å². The van der Waals surface area contributed by atoms with E-state index in [0.29, 0.717) is 0 Å². The first-order valence-corrected chi connectivity index (χ1v) is 7.14. The van der Waals surface area contributed by atoms with Crippen LogP contribution in [0.5, 0.6) is 5.75 Å². The van der Waals surface area contributed by atoms with Crippen molar-refractivity contribution in [3.63, 3.8) is 0 Å². The molecular weight excluding hydrogens is 222 g/mol. The highest BCUT2D eigenvalue weighted by atomic mass is 16.5. The lowest BCUT2D eigenvalue weighted by Gasteiger charge is -2.27. The molecule has 0 radical (unpaired) electrons. The summed E-state index contributed by atoms with van der Waals surface area (Å²) in [6.45, 7) is 3.44. The molecule has 0 amide bonds. The predicted octanol–water partition coefficient (Wildman–Crippen LogP) is 3.41. The minimum atomic E-state index is 0.742.